The maximum atomic E-state index is 9.15. The molecule has 0 amide bonds. The molecule has 0 aliphatic heterocycles. The standard InChI is InChI=1S/C60H54N4O/c1-58(2,3)42-31-34-61-55(35-42)64-50-26-15-14-23-47(50)48-30-29-44(38-53(48)64)65-54-37-43(36-49-56(54)60(6,7)33-32-59(49,4)5)62-39-63(52-28-17-16-27-51(52)62)57-45(40-19-10-8-11-20-40)24-18-25-46(57)41-21-12-9-13-22-41/h8-31,34-38H,32-33H2,1-7H3/i8D,9D,10D,11D,12D,13D,19D,20D,21D,22D. The van der Waals surface area contributed by atoms with Gasteiger partial charge in [-0.3, -0.25) is 13.7 Å². The molecule has 0 radical (unpaired) electrons. The van der Waals surface area contributed by atoms with Crippen LogP contribution in [0.2, 0.25) is 0 Å². The second-order valence-corrected chi connectivity index (χ2v) is 19.4. The molecule has 0 N–H and O–H groups in total. The molecule has 5 heteroatoms. The van der Waals surface area contributed by atoms with E-state index >= 15 is 0 Å². The van der Waals surface area contributed by atoms with Crippen LogP contribution in [0.1, 0.15) is 91.7 Å². The highest BCUT2D eigenvalue weighted by atomic mass is 16.5. The lowest BCUT2D eigenvalue weighted by atomic mass is 9.63. The molecule has 10 aromatic rings. The third-order valence-electron chi connectivity index (χ3n) is 13.2. The number of nitrogens with zero attached hydrogens (tertiary/aromatic N) is 4. The third-order valence-corrected chi connectivity index (χ3v) is 13.2. The Kier molecular flexibility index (Phi) is 7.20. The van der Waals surface area contributed by atoms with Crippen LogP contribution in [-0.4, -0.2) is 14.1 Å². The SMILES string of the molecule is [2H]c1c([2H])c([2H])c(-c2cccc(-c3c([2H])c([2H])c([2H])c([2H])c3[2H])c2-[n+]2[c-]n(-c3cc(Oc4ccc5c6ccccc6n(-c6cc(C(C)(C)C)ccn6)c5c4)c4c(c3)C(C)(C)CCC4(C)C)c3ccccc32)c([2H])c1[2H]. The molecule has 0 saturated carbocycles. The van der Waals surface area contributed by atoms with Crippen LogP contribution in [0.15, 0.2) is 176 Å². The topological polar surface area (TPSA) is 35.9 Å². The Morgan fingerprint density at radius 1 is 0.662 bits per heavy atom. The minimum atomic E-state index is -0.561. The van der Waals surface area contributed by atoms with Gasteiger partial charge in [0.2, 0.25) is 0 Å². The first kappa shape index (κ1) is 30.8. The summed E-state index contributed by atoms with van der Waals surface area (Å²) < 4.78 is 101. The van der Waals surface area contributed by atoms with Crippen LogP contribution in [0, 0.1) is 6.33 Å². The Bertz CT molecular complexity index is 3910. The number of imidazole rings is 1. The van der Waals surface area contributed by atoms with Gasteiger partial charge in [0.25, 0.3) is 6.33 Å². The van der Waals surface area contributed by atoms with Crippen molar-refractivity contribution in [2.75, 3.05) is 0 Å². The second-order valence-electron chi connectivity index (χ2n) is 19.4. The number of hydrogen-bond donors (Lipinski definition) is 0. The first-order valence-corrected chi connectivity index (χ1v) is 22.1. The van der Waals surface area contributed by atoms with Crippen LogP contribution in [-0.2, 0) is 16.2 Å². The molecule has 0 saturated heterocycles. The largest absolute Gasteiger partial charge is 0.457 e. The van der Waals surface area contributed by atoms with E-state index in [9.17, 15) is 0 Å². The van der Waals surface area contributed by atoms with Gasteiger partial charge in [-0.15, -0.1) is 0 Å². The first-order valence-electron chi connectivity index (χ1n) is 27.1. The number of hydrogen-bond acceptors (Lipinski definition) is 2. The van der Waals surface area contributed by atoms with Crippen LogP contribution in [0.5, 0.6) is 11.5 Å². The normalized spacial score (nSPS) is 16.7. The molecule has 7 aromatic carbocycles. The summed E-state index contributed by atoms with van der Waals surface area (Å²) in [7, 11) is 0. The number of ether oxygens (including phenoxy) is 1. The van der Waals surface area contributed by atoms with Crippen LogP contribution in [0.4, 0.5) is 0 Å². The molecule has 11 rings (SSSR count). The lowest BCUT2D eigenvalue weighted by Crippen LogP contribution is -2.34. The van der Waals surface area contributed by atoms with Gasteiger partial charge in [-0.1, -0.05) is 170 Å². The lowest BCUT2D eigenvalue weighted by Gasteiger charge is -2.43. The lowest BCUT2D eigenvalue weighted by molar-refractivity contribution is -0.571. The van der Waals surface area contributed by atoms with Crippen molar-refractivity contribution < 1.29 is 23.0 Å². The molecule has 0 spiro atoms. The Balaban J connectivity index is 1.17. The van der Waals surface area contributed by atoms with E-state index in [-0.39, 0.29) is 44.2 Å². The van der Waals surface area contributed by atoms with Crippen LogP contribution < -0.4 is 9.30 Å². The minimum absolute atomic E-state index is 0.0997. The average Bonchev–Trinajstić information content (AvgIpc) is 3.96. The summed E-state index contributed by atoms with van der Waals surface area (Å²) in [5.74, 6) is 2.09. The zero-order valence-corrected chi connectivity index (χ0v) is 37.6. The molecule has 3 aromatic heterocycles. The molecular formula is C60H54N4O. The van der Waals surface area contributed by atoms with Crippen LogP contribution in [0.25, 0.3) is 72.3 Å². The van der Waals surface area contributed by atoms with Gasteiger partial charge in [0.05, 0.1) is 47.1 Å². The van der Waals surface area contributed by atoms with E-state index in [0.717, 1.165) is 57.2 Å². The summed E-state index contributed by atoms with van der Waals surface area (Å²) in [4.78, 5) is 4.91. The molecular weight excluding hydrogens is 793 g/mol. The highest BCUT2D eigenvalue weighted by molar-refractivity contribution is 6.09. The predicted molar refractivity (Wildman–Crippen MR) is 267 cm³/mol. The molecule has 0 atom stereocenters. The van der Waals surface area contributed by atoms with Crippen LogP contribution in [0.3, 0.4) is 0 Å². The zero-order valence-electron chi connectivity index (χ0n) is 47.6. The van der Waals surface area contributed by atoms with Crippen molar-refractivity contribution in [3.05, 3.63) is 199 Å². The maximum Gasteiger partial charge on any atom is 0.269 e. The molecule has 0 bridgehead atoms. The van der Waals surface area contributed by atoms with E-state index in [1.807, 2.05) is 59.3 Å². The van der Waals surface area contributed by atoms with Crippen LogP contribution >= 0.6 is 0 Å². The van der Waals surface area contributed by atoms with Crippen molar-refractivity contribution in [2.24, 2.45) is 0 Å². The highest BCUT2D eigenvalue weighted by Crippen LogP contribution is 2.51. The van der Waals surface area contributed by atoms with Gasteiger partial charge >= 0.3 is 0 Å². The smallest absolute Gasteiger partial charge is 0.269 e. The Hall–Kier alpha value is -7.24. The van der Waals surface area contributed by atoms with Crippen molar-refractivity contribution in [1.82, 2.24) is 14.1 Å². The second kappa shape index (κ2) is 15.2. The van der Waals surface area contributed by atoms with E-state index < -0.39 is 60.4 Å². The quantitative estimate of drug-likeness (QED) is 0.118. The van der Waals surface area contributed by atoms with Gasteiger partial charge in [-0.2, -0.15) is 0 Å². The maximum absolute atomic E-state index is 9.15. The zero-order chi connectivity index (χ0) is 53.4. The first-order chi connectivity index (χ1) is 35.5. The Labute approximate surface area is 396 Å². The van der Waals surface area contributed by atoms with Gasteiger partial charge in [0.1, 0.15) is 17.3 Å². The van der Waals surface area contributed by atoms with Gasteiger partial charge in [0, 0.05) is 28.6 Å². The number of rotatable bonds is 7. The number of para-hydroxylation sites is 4. The Morgan fingerprint density at radius 2 is 1.31 bits per heavy atom. The summed E-state index contributed by atoms with van der Waals surface area (Å²) in [6.45, 7) is 15.6. The molecule has 3 heterocycles. The summed E-state index contributed by atoms with van der Waals surface area (Å²) in [6, 6.07) is 30.3. The molecule has 0 fully saturated rings. The fraction of sp³-hybridized carbons (Fsp3) is 0.200. The van der Waals surface area contributed by atoms with Gasteiger partial charge in [-0.05, 0) is 105 Å². The van der Waals surface area contributed by atoms with Crippen molar-refractivity contribution in [1.29, 1.82) is 0 Å². The molecule has 65 heavy (non-hydrogen) atoms. The van der Waals surface area contributed by atoms with Gasteiger partial charge in [-0.25, -0.2) is 4.98 Å². The van der Waals surface area contributed by atoms with E-state index in [1.54, 1.807) is 22.8 Å². The summed E-state index contributed by atoms with van der Waals surface area (Å²) in [5, 5.41) is 2.15. The van der Waals surface area contributed by atoms with E-state index in [1.165, 1.54) is 0 Å². The molecule has 0 unspecified atom stereocenters. The monoisotopic (exact) mass is 856 g/mol. The van der Waals surface area contributed by atoms with E-state index in [2.05, 4.69) is 102 Å². The van der Waals surface area contributed by atoms with Crippen molar-refractivity contribution >= 4 is 32.8 Å². The molecule has 320 valence electrons. The Morgan fingerprint density at radius 3 is 2.02 bits per heavy atom. The van der Waals surface area contributed by atoms with Crippen molar-refractivity contribution in [2.45, 2.75) is 77.6 Å². The number of aromatic nitrogens is 4. The summed E-state index contributed by atoms with van der Waals surface area (Å²) >= 11 is 0. The average molecular weight is 857 g/mol. The predicted octanol–water partition coefficient (Wildman–Crippen LogP) is 15.0. The van der Waals surface area contributed by atoms with Gasteiger partial charge < -0.3 is 4.74 Å². The number of benzene rings is 7. The highest BCUT2D eigenvalue weighted by Gasteiger charge is 2.40. The fourth-order valence-electron chi connectivity index (χ4n) is 9.70. The van der Waals surface area contributed by atoms with Crippen molar-refractivity contribution in [3.8, 4) is 50.9 Å². The minimum Gasteiger partial charge on any atom is -0.457 e. The number of fused-ring (bicyclic) bond motifs is 5. The molecule has 1 aliphatic carbocycles. The number of pyridine rings is 1. The van der Waals surface area contributed by atoms with E-state index in [0.29, 0.717) is 28.2 Å². The third kappa shape index (κ3) is 6.93. The van der Waals surface area contributed by atoms with E-state index in [4.69, 9.17) is 23.4 Å². The summed E-state index contributed by atoms with van der Waals surface area (Å²) in [6.07, 6.45) is 7.28. The summed E-state index contributed by atoms with van der Waals surface area (Å²) in [5.41, 5.74) is 6.89. The fourth-order valence-corrected chi connectivity index (χ4v) is 9.70. The molecule has 1 aliphatic rings. The van der Waals surface area contributed by atoms with Crippen molar-refractivity contribution in [3.63, 3.8) is 0 Å². The molecule has 5 nitrogen and oxygen atoms in total. The van der Waals surface area contributed by atoms with Gasteiger partial charge in [0.15, 0.2) is 0 Å².